The van der Waals surface area contributed by atoms with E-state index in [1.54, 1.807) is 24.4 Å². The molecule has 0 fully saturated rings. The van der Waals surface area contributed by atoms with Crippen LogP contribution < -0.4 is 10.1 Å². The van der Waals surface area contributed by atoms with Crippen molar-refractivity contribution >= 4 is 17.2 Å². The number of nitrogens with zero attached hydrogens (tertiary/aromatic N) is 1. The number of thiazole rings is 1. The summed E-state index contributed by atoms with van der Waals surface area (Å²) < 4.78 is 18.7. The Morgan fingerprint density at radius 2 is 2.00 bits per heavy atom. The third-order valence-corrected chi connectivity index (χ3v) is 4.67. The van der Waals surface area contributed by atoms with E-state index >= 15 is 0 Å². The monoisotopic (exact) mass is 356 g/mol. The van der Waals surface area contributed by atoms with Gasteiger partial charge in [-0.3, -0.25) is 4.79 Å². The summed E-state index contributed by atoms with van der Waals surface area (Å²) in [6.07, 6.45) is 0. The molecule has 0 bridgehead atoms. The van der Waals surface area contributed by atoms with Gasteiger partial charge in [-0.2, -0.15) is 0 Å². The van der Waals surface area contributed by atoms with E-state index < -0.39 is 5.82 Å². The van der Waals surface area contributed by atoms with Crippen LogP contribution in [0.15, 0.2) is 53.9 Å². The summed E-state index contributed by atoms with van der Waals surface area (Å²) in [5.41, 5.74) is 1.98. The molecule has 3 rings (SSSR count). The molecule has 1 N–H and O–H groups in total. The zero-order valence-electron chi connectivity index (χ0n) is 13.8. The Bertz CT molecular complexity index is 880. The second-order valence-electron chi connectivity index (χ2n) is 5.49. The molecular formula is C19H17FN2O2S. The largest absolute Gasteiger partial charge is 0.494 e. The Labute approximate surface area is 149 Å². The third kappa shape index (κ3) is 3.85. The second-order valence-corrected chi connectivity index (χ2v) is 6.35. The van der Waals surface area contributed by atoms with Gasteiger partial charge < -0.3 is 10.1 Å². The van der Waals surface area contributed by atoms with E-state index in [2.05, 4.69) is 10.3 Å². The lowest BCUT2D eigenvalue weighted by molar-refractivity contribution is 0.0935. The lowest BCUT2D eigenvalue weighted by Gasteiger charge is -2.14. The minimum Gasteiger partial charge on any atom is -0.494 e. The number of nitrogens with one attached hydrogen (secondary N) is 1. The maximum Gasteiger partial charge on any atom is 0.271 e. The number of carbonyl (C=O) groups is 1. The number of amides is 1. The molecule has 0 spiro atoms. The Balaban J connectivity index is 1.72. The highest BCUT2D eigenvalue weighted by atomic mass is 32.1. The predicted molar refractivity (Wildman–Crippen MR) is 96.4 cm³/mol. The van der Waals surface area contributed by atoms with Gasteiger partial charge in [-0.05, 0) is 24.6 Å². The first-order chi connectivity index (χ1) is 12.1. The van der Waals surface area contributed by atoms with E-state index in [0.29, 0.717) is 11.3 Å². The van der Waals surface area contributed by atoms with Gasteiger partial charge in [0, 0.05) is 10.9 Å². The molecule has 4 nitrogen and oxygen atoms in total. The maximum atomic E-state index is 13.8. The SMILES string of the molecule is COc1ccc([C@@H](C)NC(=O)c2csc(-c3ccccc3)n2)cc1F. The summed E-state index contributed by atoms with van der Waals surface area (Å²) in [6, 6.07) is 14.0. The molecule has 3 aromatic rings. The zero-order valence-corrected chi connectivity index (χ0v) is 14.6. The van der Waals surface area contributed by atoms with Crippen LogP contribution in [0.1, 0.15) is 29.0 Å². The molecular weight excluding hydrogens is 339 g/mol. The molecule has 0 aliphatic carbocycles. The molecule has 0 radical (unpaired) electrons. The number of halogens is 1. The van der Waals surface area contributed by atoms with Gasteiger partial charge in [0.15, 0.2) is 11.6 Å². The molecule has 0 unspecified atom stereocenters. The summed E-state index contributed by atoms with van der Waals surface area (Å²) in [4.78, 5) is 16.8. The number of benzene rings is 2. The summed E-state index contributed by atoms with van der Waals surface area (Å²) >= 11 is 1.41. The molecule has 1 amide bonds. The summed E-state index contributed by atoms with van der Waals surface area (Å²) in [5.74, 6) is -0.572. The number of aromatic nitrogens is 1. The van der Waals surface area contributed by atoms with Crippen molar-refractivity contribution in [2.45, 2.75) is 13.0 Å². The van der Waals surface area contributed by atoms with Crippen LogP contribution in [-0.2, 0) is 0 Å². The van der Waals surface area contributed by atoms with Crippen molar-refractivity contribution in [2.75, 3.05) is 7.11 Å². The summed E-state index contributed by atoms with van der Waals surface area (Å²) in [7, 11) is 1.41. The maximum absolute atomic E-state index is 13.8. The average Bonchev–Trinajstić information content (AvgIpc) is 3.12. The lowest BCUT2D eigenvalue weighted by atomic mass is 10.1. The first-order valence-electron chi connectivity index (χ1n) is 7.73. The highest BCUT2D eigenvalue weighted by Crippen LogP contribution is 2.24. The first-order valence-corrected chi connectivity index (χ1v) is 8.61. The molecule has 1 heterocycles. The van der Waals surface area contributed by atoms with Gasteiger partial charge in [0.25, 0.3) is 5.91 Å². The van der Waals surface area contributed by atoms with Crippen molar-refractivity contribution in [2.24, 2.45) is 0 Å². The number of carbonyl (C=O) groups excluding carboxylic acids is 1. The van der Waals surface area contributed by atoms with E-state index in [1.807, 2.05) is 30.3 Å². The fourth-order valence-corrected chi connectivity index (χ4v) is 3.20. The Hall–Kier alpha value is -2.73. The molecule has 0 aliphatic rings. The van der Waals surface area contributed by atoms with Gasteiger partial charge >= 0.3 is 0 Å². The van der Waals surface area contributed by atoms with Crippen LogP contribution in [-0.4, -0.2) is 18.0 Å². The van der Waals surface area contributed by atoms with Crippen LogP contribution >= 0.6 is 11.3 Å². The molecule has 0 saturated heterocycles. The van der Waals surface area contributed by atoms with Gasteiger partial charge in [-0.15, -0.1) is 11.3 Å². The van der Waals surface area contributed by atoms with Gasteiger partial charge in [-0.1, -0.05) is 36.4 Å². The van der Waals surface area contributed by atoms with Crippen molar-refractivity contribution in [3.05, 3.63) is 71.0 Å². The number of rotatable bonds is 5. The van der Waals surface area contributed by atoms with Crippen LogP contribution in [0.5, 0.6) is 5.75 Å². The van der Waals surface area contributed by atoms with E-state index in [0.717, 1.165) is 10.6 Å². The van der Waals surface area contributed by atoms with Crippen LogP contribution in [0.2, 0.25) is 0 Å². The third-order valence-electron chi connectivity index (χ3n) is 3.78. The average molecular weight is 356 g/mol. The lowest BCUT2D eigenvalue weighted by Crippen LogP contribution is -2.27. The fourth-order valence-electron chi connectivity index (χ4n) is 2.40. The second kappa shape index (κ2) is 7.44. The van der Waals surface area contributed by atoms with Crippen molar-refractivity contribution in [1.82, 2.24) is 10.3 Å². The van der Waals surface area contributed by atoms with Gasteiger partial charge in [0.2, 0.25) is 0 Å². The molecule has 1 atom stereocenters. The molecule has 128 valence electrons. The van der Waals surface area contributed by atoms with Crippen molar-refractivity contribution < 1.29 is 13.9 Å². The quantitative estimate of drug-likeness (QED) is 0.735. The minimum atomic E-state index is -0.457. The van der Waals surface area contributed by atoms with E-state index in [1.165, 1.54) is 24.5 Å². The molecule has 2 aromatic carbocycles. The number of hydrogen-bond donors (Lipinski definition) is 1. The van der Waals surface area contributed by atoms with Crippen LogP contribution in [0.25, 0.3) is 10.6 Å². The minimum absolute atomic E-state index is 0.175. The number of hydrogen-bond acceptors (Lipinski definition) is 4. The molecule has 1 aromatic heterocycles. The smallest absolute Gasteiger partial charge is 0.271 e. The Kier molecular flexibility index (Phi) is 5.09. The predicted octanol–water partition coefficient (Wildman–Crippen LogP) is 4.45. The normalized spacial score (nSPS) is 11.8. The van der Waals surface area contributed by atoms with E-state index in [4.69, 9.17) is 4.74 Å². The standard InChI is InChI=1S/C19H17FN2O2S/c1-12(14-8-9-17(24-2)15(20)10-14)21-18(23)16-11-25-19(22-16)13-6-4-3-5-7-13/h3-12H,1-2H3,(H,21,23)/t12-/m1/s1. The number of ether oxygens (including phenoxy) is 1. The number of methoxy groups -OCH3 is 1. The van der Waals surface area contributed by atoms with Crippen LogP contribution in [0, 0.1) is 5.82 Å². The van der Waals surface area contributed by atoms with Gasteiger partial charge in [0.05, 0.1) is 13.2 Å². The van der Waals surface area contributed by atoms with E-state index in [9.17, 15) is 9.18 Å². The van der Waals surface area contributed by atoms with E-state index in [-0.39, 0.29) is 17.7 Å². The fraction of sp³-hybridized carbons (Fsp3) is 0.158. The van der Waals surface area contributed by atoms with Crippen molar-refractivity contribution in [3.63, 3.8) is 0 Å². The van der Waals surface area contributed by atoms with Gasteiger partial charge in [0.1, 0.15) is 10.7 Å². The molecule has 0 saturated carbocycles. The zero-order chi connectivity index (χ0) is 17.8. The molecule has 6 heteroatoms. The van der Waals surface area contributed by atoms with Crippen LogP contribution in [0.3, 0.4) is 0 Å². The highest BCUT2D eigenvalue weighted by Gasteiger charge is 2.16. The first kappa shape index (κ1) is 17.1. The van der Waals surface area contributed by atoms with Crippen molar-refractivity contribution in [1.29, 1.82) is 0 Å². The molecule has 0 aliphatic heterocycles. The summed E-state index contributed by atoms with van der Waals surface area (Å²) in [6.45, 7) is 1.80. The topological polar surface area (TPSA) is 51.2 Å². The van der Waals surface area contributed by atoms with Crippen molar-refractivity contribution in [3.8, 4) is 16.3 Å². The highest BCUT2D eigenvalue weighted by molar-refractivity contribution is 7.13. The summed E-state index contributed by atoms with van der Waals surface area (Å²) in [5, 5.41) is 5.35. The Morgan fingerprint density at radius 3 is 2.68 bits per heavy atom. The van der Waals surface area contributed by atoms with Gasteiger partial charge in [-0.25, -0.2) is 9.37 Å². The molecule has 25 heavy (non-hydrogen) atoms. The Morgan fingerprint density at radius 1 is 1.24 bits per heavy atom. The van der Waals surface area contributed by atoms with Crippen LogP contribution in [0.4, 0.5) is 4.39 Å².